The van der Waals surface area contributed by atoms with E-state index in [1.54, 1.807) is 0 Å². The zero-order valence-electron chi connectivity index (χ0n) is 11.8. The Morgan fingerprint density at radius 2 is 2.11 bits per heavy atom. The highest BCUT2D eigenvalue weighted by atomic mass is 16.2. The van der Waals surface area contributed by atoms with Gasteiger partial charge in [0, 0.05) is 32.7 Å². The number of likely N-dealkylation sites (N-methyl/N-ethyl adjacent to an activating group) is 1. The zero-order chi connectivity index (χ0) is 13.8. The average Bonchev–Trinajstić information content (AvgIpc) is 2.46. The lowest BCUT2D eigenvalue weighted by atomic mass is 10.0. The number of hydrogen-bond acceptors (Lipinski definition) is 4. The van der Waals surface area contributed by atoms with Crippen molar-refractivity contribution in [2.75, 3.05) is 39.8 Å². The van der Waals surface area contributed by atoms with E-state index in [1.807, 2.05) is 11.9 Å². The van der Waals surface area contributed by atoms with Gasteiger partial charge in [-0.2, -0.15) is 0 Å². The first-order valence-corrected chi connectivity index (χ1v) is 7.11. The first-order chi connectivity index (χ1) is 9.11. The first-order valence-electron chi connectivity index (χ1n) is 7.11. The Kier molecular flexibility index (Phi) is 4.76. The molecule has 2 saturated heterocycles. The third-order valence-electron chi connectivity index (χ3n) is 4.21. The van der Waals surface area contributed by atoms with Crippen molar-refractivity contribution in [1.82, 2.24) is 20.4 Å². The molecule has 2 fully saturated rings. The van der Waals surface area contributed by atoms with E-state index in [2.05, 4.69) is 22.5 Å². The van der Waals surface area contributed by atoms with Gasteiger partial charge in [-0.3, -0.25) is 14.9 Å². The predicted octanol–water partition coefficient (Wildman–Crippen LogP) is -0.983. The van der Waals surface area contributed by atoms with Gasteiger partial charge in [0.2, 0.25) is 11.8 Å². The Bertz CT molecular complexity index is 330. The molecule has 2 aliphatic rings. The normalized spacial score (nSPS) is 26.0. The van der Waals surface area contributed by atoms with E-state index in [-0.39, 0.29) is 24.4 Å². The number of piperazine rings is 1. The van der Waals surface area contributed by atoms with Crippen LogP contribution in [0.15, 0.2) is 0 Å². The van der Waals surface area contributed by atoms with E-state index in [4.69, 9.17) is 0 Å². The highest BCUT2D eigenvalue weighted by Crippen LogP contribution is 2.16. The minimum atomic E-state index is -0.271. The van der Waals surface area contributed by atoms with Crippen LogP contribution >= 0.6 is 0 Å². The molecule has 1 atom stereocenters. The SMILES string of the molecule is CCN1CCC(N(C)C(=O)C2CNC(=O)CN2)CC1. The van der Waals surface area contributed by atoms with Crippen molar-refractivity contribution in [3.63, 3.8) is 0 Å². The topological polar surface area (TPSA) is 64.7 Å². The van der Waals surface area contributed by atoms with Crippen LogP contribution in [0.2, 0.25) is 0 Å². The van der Waals surface area contributed by atoms with Gasteiger partial charge in [0.25, 0.3) is 0 Å². The van der Waals surface area contributed by atoms with Crippen molar-refractivity contribution in [1.29, 1.82) is 0 Å². The highest BCUT2D eigenvalue weighted by Gasteiger charge is 2.31. The molecule has 2 amide bonds. The van der Waals surface area contributed by atoms with Crippen LogP contribution in [0.1, 0.15) is 19.8 Å². The van der Waals surface area contributed by atoms with Gasteiger partial charge < -0.3 is 15.1 Å². The number of piperidine rings is 1. The summed E-state index contributed by atoms with van der Waals surface area (Å²) < 4.78 is 0. The third-order valence-corrected chi connectivity index (χ3v) is 4.21. The van der Waals surface area contributed by atoms with Crippen molar-refractivity contribution in [2.45, 2.75) is 31.8 Å². The van der Waals surface area contributed by atoms with Gasteiger partial charge in [-0.1, -0.05) is 6.92 Å². The maximum absolute atomic E-state index is 12.4. The number of carbonyl (C=O) groups is 2. The fourth-order valence-electron chi connectivity index (χ4n) is 2.79. The summed E-state index contributed by atoms with van der Waals surface area (Å²) in [4.78, 5) is 27.7. The van der Waals surface area contributed by atoms with Gasteiger partial charge in [-0.15, -0.1) is 0 Å². The summed E-state index contributed by atoms with van der Waals surface area (Å²) in [5.41, 5.74) is 0. The monoisotopic (exact) mass is 268 g/mol. The molecule has 0 saturated carbocycles. The molecule has 1 unspecified atom stereocenters. The molecule has 6 nitrogen and oxygen atoms in total. The Hall–Kier alpha value is -1.14. The largest absolute Gasteiger partial charge is 0.353 e. The molecule has 19 heavy (non-hydrogen) atoms. The van der Waals surface area contributed by atoms with E-state index in [1.165, 1.54) is 0 Å². The summed E-state index contributed by atoms with van der Waals surface area (Å²) >= 11 is 0. The molecule has 0 bridgehead atoms. The van der Waals surface area contributed by atoms with E-state index in [0.29, 0.717) is 12.6 Å². The second-order valence-corrected chi connectivity index (χ2v) is 5.35. The van der Waals surface area contributed by atoms with E-state index in [9.17, 15) is 9.59 Å². The standard InChI is InChI=1S/C13H24N4O2/c1-3-17-6-4-10(5-7-17)16(2)13(19)11-8-15-12(18)9-14-11/h10-11,14H,3-9H2,1-2H3,(H,15,18). The molecule has 6 heteroatoms. The van der Waals surface area contributed by atoms with Crippen LogP contribution in [0, 0.1) is 0 Å². The summed E-state index contributed by atoms with van der Waals surface area (Å²) in [5, 5.41) is 5.72. The Morgan fingerprint density at radius 3 is 2.63 bits per heavy atom. The smallest absolute Gasteiger partial charge is 0.241 e. The molecule has 0 radical (unpaired) electrons. The lowest BCUT2D eigenvalue weighted by Gasteiger charge is -2.38. The Morgan fingerprint density at radius 1 is 1.42 bits per heavy atom. The summed E-state index contributed by atoms with van der Waals surface area (Å²) in [7, 11) is 1.88. The van der Waals surface area contributed by atoms with Gasteiger partial charge in [-0.25, -0.2) is 0 Å². The predicted molar refractivity (Wildman–Crippen MR) is 72.7 cm³/mol. The summed E-state index contributed by atoms with van der Waals surface area (Å²) in [6.07, 6.45) is 2.07. The zero-order valence-corrected chi connectivity index (χ0v) is 11.8. The lowest BCUT2D eigenvalue weighted by molar-refractivity contribution is -0.136. The number of carbonyl (C=O) groups excluding carboxylic acids is 2. The Labute approximate surface area is 114 Å². The van der Waals surface area contributed by atoms with E-state index < -0.39 is 0 Å². The van der Waals surface area contributed by atoms with E-state index >= 15 is 0 Å². The number of nitrogens with one attached hydrogen (secondary N) is 2. The van der Waals surface area contributed by atoms with Crippen molar-refractivity contribution in [3.8, 4) is 0 Å². The van der Waals surface area contributed by atoms with Crippen molar-refractivity contribution < 1.29 is 9.59 Å². The molecule has 0 aliphatic carbocycles. The summed E-state index contributed by atoms with van der Waals surface area (Å²) in [6.45, 7) is 6.01. The number of likely N-dealkylation sites (tertiary alicyclic amines) is 1. The lowest BCUT2D eigenvalue weighted by Crippen LogP contribution is -2.60. The van der Waals surface area contributed by atoms with E-state index in [0.717, 1.165) is 32.5 Å². The summed E-state index contributed by atoms with van der Waals surface area (Å²) in [5.74, 6) is 0.0536. The second-order valence-electron chi connectivity index (χ2n) is 5.35. The number of rotatable bonds is 3. The van der Waals surface area contributed by atoms with Crippen LogP contribution in [-0.2, 0) is 9.59 Å². The fourth-order valence-corrected chi connectivity index (χ4v) is 2.79. The molecule has 2 heterocycles. The number of nitrogens with zero attached hydrogens (tertiary/aromatic N) is 2. The molecular weight excluding hydrogens is 244 g/mol. The van der Waals surface area contributed by atoms with Crippen LogP contribution < -0.4 is 10.6 Å². The van der Waals surface area contributed by atoms with Crippen LogP contribution in [0.3, 0.4) is 0 Å². The molecule has 2 N–H and O–H groups in total. The number of hydrogen-bond donors (Lipinski definition) is 2. The van der Waals surface area contributed by atoms with Gasteiger partial charge >= 0.3 is 0 Å². The first kappa shape index (κ1) is 14.3. The average molecular weight is 268 g/mol. The van der Waals surface area contributed by atoms with Crippen molar-refractivity contribution in [2.24, 2.45) is 0 Å². The molecule has 2 rings (SSSR count). The van der Waals surface area contributed by atoms with Gasteiger partial charge in [0.05, 0.1) is 6.54 Å². The molecule has 0 spiro atoms. The Balaban J connectivity index is 1.84. The molecule has 0 aromatic rings. The minimum absolute atomic E-state index is 0.0389. The van der Waals surface area contributed by atoms with Gasteiger partial charge in [0.15, 0.2) is 0 Å². The van der Waals surface area contributed by atoms with Crippen molar-refractivity contribution in [3.05, 3.63) is 0 Å². The molecule has 0 aromatic heterocycles. The highest BCUT2D eigenvalue weighted by molar-refractivity contribution is 5.86. The maximum atomic E-state index is 12.4. The quantitative estimate of drug-likeness (QED) is 0.690. The van der Waals surface area contributed by atoms with Gasteiger partial charge in [0.1, 0.15) is 6.04 Å². The number of amides is 2. The minimum Gasteiger partial charge on any atom is -0.353 e. The van der Waals surface area contributed by atoms with Gasteiger partial charge in [-0.05, 0) is 19.4 Å². The fraction of sp³-hybridized carbons (Fsp3) is 0.846. The third kappa shape index (κ3) is 3.45. The molecule has 0 aromatic carbocycles. The molecule has 108 valence electrons. The van der Waals surface area contributed by atoms with Crippen LogP contribution in [0.25, 0.3) is 0 Å². The van der Waals surface area contributed by atoms with Crippen molar-refractivity contribution >= 4 is 11.8 Å². The second kappa shape index (κ2) is 6.34. The van der Waals surface area contributed by atoms with Crippen LogP contribution in [-0.4, -0.2) is 73.5 Å². The summed E-state index contributed by atoms with van der Waals surface area (Å²) in [6, 6.07) is 0.0571. The molecular formula is C13H24N4O2. The van der Waals surface area contributed by atoms with Crippen LogP contribution in [0.5, 0.6) is 0 Å². The van der Waals surface area contributed by atoms with Crippen LogP contribution in [0.4, 0.5) is 0 Å². The molecule has 2 aliphatic heterocycles. The maximum Gasteiger partial charge on any atom is 0.241 e.